The normalized spacial score (nSPS) is 13.4. The Morgan fingerprint density at radius 3 is 2.35 bits per heavy atom. The lowest BCUT2D eigenvalue weighted by atomic mass is 10.2. The summed E-state index contributed by atoms with van der Waals surface area (Å²) in [6.45, 7) is 6.16. The number of nitrogens with zero attached hydrogens (tertiary/aromatic N) is 1. The minimum atomic E-state index is -3.35. The smallest absolute Gasteiger partial charge is 0.240 e. The van der Waals surface area contributed by atoms with Crippen LogP contribution in [0, 0.1) is 0 Å². The fourth-order valence-corrected chi connectivity index (χ4v) is 2.51. The molecule has 0 saturated heterocycles. The van der Waals surface area contributed by atoms with Crippen LogP contribution in [0.25, 0.3) is 0 Å². The average Bonchev–Trinajstić information content (AvgIpc) is 2.46. The van der Waals surface area contributed by atoms with Crippen molar-refractivity contribution in [2.45, 2.75) is 31.2 Å². The third kappa shape index (κ3) is 4.77. The van der Waals surface area contributed by atoms with Gasteiger partial charge in [-0.3, -0.25) is 0 Å². The summed E-state index contributed by atoms with van der Waals surface area (Å²) < 4.78 is 25.5. The van der Waals surface area contributed by atoms with E-state index >= 15 is 0 Å². The molecule has 0 amide bonds. The zero-order valence-electron chi connectivity index (χ0n) is 12.7. The van der Waals surface area contributed by atoms with Gasteiger partial charge in [-0.1, -0.05) is 6.92 Å². The van der Waals surface area contributed by atoms with Gasteiger partial charge in [0.1, 0.15) is 0 Å². The number of hydrogen-bond acceptors (Lipinski definition) is 4. The number of nitrogens with one attached hydrogen (secondary N) is 2. The summed E-state index contributed by atoms with van der Waals surface area (Å²) in [5.74, 6) is 0. The topological polar surface area (TPSA) is 61.4 Å². The molecule has 0 aromatic heterocycles. The molecule has 0 fully saturated rings. The summed E-state index contributed by atoms with van der Waals surface area (Å²) >= 11 is 0. The van der Waals surface area contributed by atoms with Crippen LogP contribution >= 0.6 is 0 Å². The molecule has 0 radical (unpaired) electrons. The van der Waals surface area contributed by atoms with Crippen molar-refractivity contribution in [2.75, 3.05) is 32.5 Å². The van der Waals surface area contributed by atoms with Crippen molar-refractivity contribution >= 4 is 15.7 Å². The number of sulfonamides is 1. The van der Waals surface area contributed by atoms with Gasteiger partial charge in [-0.05, 0) is 51.7 Å². The Hall–Kier alpha value is -1.11. The molecule has 0 aliphatic heterocycles. The van der Waals surface area contributed by atoms with Gasteiger partial charge < -0.3 is 10.2 Å². The van der Waals surface area contributed by atoms with Crippen LogP contribution in [0.1, 0.15) is 20.3 Å². The molecule has 114 valence electrons. The Labute approximate surface area is 122 Å². The summed E-state index contributed by atoms with van der Waals surface area (Å²) in [5, 5.41) is 3.29. The van der Waals surface area contributed by atoms with Gasteiger partial charge in [-0.25, -0.2) is 13.1 Å². The van der Waals surface area contributed by atoms with E-state index in [-0.39, 0.29) is 4.90 Å². The molecule has 1 aromatic rings. The van der Waals surface area contributed by atoms with E-state index in [9.17, 15) is 8.42 Å². The molecule has 0 saturated carbocycles. The highest BCUT2D eigenvalue weighted by atomic mass is 32.2. The standard InChI is InChI=1S/C14H25N3O2S/c1-5-12(2)17(4)11-10-16-13-6-8-14(9-7-13)20(18,19)15-3/h6-9,12,15-16H,5,10-11H2,1-4H3. The molecule has 5 nitrogen and oxygen atoms in total. The molecule has 0 aliphatic rings. The van der Waals surface area contributed by atoms with Gasteiger partial charge in [-0.15, -0.1) is 0 Å². The highest BCUT2D eigenvalue weighted by Gasteiger charge is 2.10. The Morgan fingerprint density at radius 1 is 1.25 bits per heavy atom. The quantitative estimate of drug-likeness (QED) is 0.767. The van der Waals surface area contributed by atoms with Crippen LogP contribution in [0.2, 0.25) is 0 Å². The van der Waals surface area contributed by atoms with E-state index in [2.05, 4.69) is 35.8 Å². The Balaban J connectivity index is 2.51. The third-order valence-electron chi connectivity index (χ3n) is 3.57. The Bertz CT molecular complexity index is 500. The lowest BCUT2D eigenvalue weighted by Gasteiger charge is -2.23. The van der Waals surface area contributed by atoms with Gasteiger partial charge in [0.05, 0.1) is 4.90 Å². The molecule has 0 heterocycles. The Morgan fingerprint density at radius 2 is 1.85 bits per heavy atom. The van der Waals surface area contributed by atoms with Gasteiger partial charge >= 0.3 is 0 Å². The van der Waals surface area contributed by atoms with Crippen LogP contribution < -0.4 is 10.0 Å². The van der Waals surface area contributed by atoms with Crippen LogP contribution in [-0.4, -0.2) is 46.5 Å². The second-order valence-corrected chi connectivity index (χ2v) is 6.78. The SMILES string of the molecule is CCC(C)N(C)CCNc1ccc(S(=O)(=O)NC)cc1. The van der Waals surface area contributed by atoms with Gasteiger partial charge in [-0.2, -0.15) is 0 Å². The molecule has 1 unspecified atom stereocenters. The fraction of sp³-hybridized carbons (Fsp3) is 0.571. The van der Waals surface area contributed by atoms with Crippen LogP contribution in [-0.2, 0) is 10.0 Å². The van der Waals surface area contributed by atoms with Crippen LogP contribution in [0.5, 0.6) is 0 Å². The largest absolute Gasteiger partial charge is 0.384 e. The number of benzene rings is 1. The summed E-state index contributed by atoms with van der Waals surface area (Å²) in [6.07, 6.45) is 1.13. The second-order valence-electron chi connectivity index (χ2n) is 4.90. The number of likely N-dealkylation sites (N-methyl/N-ethyl adjacent to an activating group) is 1. The maximum absolute atomic E-state index is 11.6. The second kappa shape index (κ2) is 7.61. The van der Waals surface area contributed by atoms with Crippen molar-refractivity contribution in [1.82, 2.24) is 9.62 Å². The van der Waals surface area contributed by atoms with E-state index < -0.39 is 10.0 Å². The fourth-order valence-electron chi connectivity index (χ4n) is 1.78. The van der Waals surface area contributed by atoms with E-state index in [1.807, 2.05) is 0 Å². The van der Waals surface area contributed by atoms with E-state index in [0.717, 1.165) is 25.2 Å². The monoisotopic (exact) mass is 299 g/mol. The van der Waals surface area contributed by atoms with Crippen molar-refractivity contribution in [2.24, 2.45) is 0 Å². The minimum Gasteiger partial charge on any atom is -0.384 e. The zero-order valence-corrected chi connectivity index (χ0v) is 13.5. The molecule has 2 N–H and O–H groups in total. The molecule has 20 heavy (non-hydrogen) atoms. The maximum Gasteiger partial charge on any atom is 0.240 e. The molecular formula is C14H25N3O2S. The van der Waals surface area contributed by atoms with Gasteiger partial charge in [0.2, 0.25) is 10.0 Å². The number of anilines is 1. The first-order valence-corrected chi connectivity index (χ1v) is 8.36. The number of rotatable bonds is 8. The molecule has 1 atom stereocenters. The highest BCUT2D eigenvalue weighted by Crippen LogP contribution is 2.13. The van der Waals surface area contributed by atoms with E-state index in [4.69, 9.17) is 0 Å². The van der Waals surface area contributed by atoms with Crippen molar-refractivity contribution in [1.29, 1.82) is 0 Å². The Kier molecular flexibility index (Phi) is 6.45. The lowest BCUT2D eigenvalue weighted by Crippen LogP contribution is -2.32. The van der Waals surface area contributed by atoms with Crippen molar-refractivity contribution in [3.05, 3.63) is 24.3 Å². The van der Waals surface area contributed by atoms with Crippen molar-refractivity contribution in [3.8, 4) is 0 Å². The van der Waals surface area contributed by atoms with Crippen LogP contribution in [0.4, 0.5) is 5.69 Å². The first-order chi connectivity index (χ1) is 9.40. The molecule has 0 aliphatic carbocycles. The first-order valence-electron chi connectivity index (χ1n) is 6.88. The number of hydrogen-bond donors (Lipinski definition) is 2. The summed E-state index contributed by atoms with van der Waals surface area (Å²) in [4.78, 5) is 2.58. The summed E-state index contributed by atoms with van der Waals surface area (Å²) in [6, 6.07) is 7.35. The molecule has 0 spiro atoms. The van der Waals surface area contributed by atoms with Crippen molar-refractivity contribution in [3.63, 3.8) is 0 Å². The third-order valence-corrected chi connectivity index (χ3v) is 5.00. The van der Waals surface area contributed by atoms with Crippen molar-refractivity contribution < 1.29 is 8.42 Å². The summed E-state index contributed by atoms with van der Waals surface area (Å²) in [7, 11) is 0.169. The molecule has 6 heteroatoms. The van der Waals surface area contributed by atoms with Crippen LogP contribution in [0.3, 0.4) is 0 Å². The molecular weight excluding hydrogens is 274 g/mol. The molecule has 1 rings (SSSR count). The van der Waals surface area contributed by atoms with E-state index in [1.54, 1.807) is 24.3 Å². The van der Waals surface area contributed by atoms with E-state index in [1.165, 1.54) is 7.05 Å². The first kappa shape index (κ1) is 16.9. The maximum atomic E-state index is 11.6. The van der Waals surface area contributed by atoms with Gasteiger partial charge in [0, 0.05) is 24.8 Å². The minimum absolute atomic E-state index is 0.280. The summed E-state index contributed by atoms with van der Waals surface area (Å²) in [5.41, 5.74) is 0.928. The molecule has 0 bridgehead atoms. The highest BCUT2D eigenvalue weighted by molar-refractivity contribution is 7.89. The lowest BCUT2D eigenvalue weighted by molar-refractivity contribution is 0.261. The average molecular weight is 299 g/mol. The molecule has 1 aromatic carbocycles. The predicted octanol–water partition coefficient (Wildman–Crippen LogP) is 1.74. The predicted molar refractivity (Wildman–Crippen MR) is 83.6 cm³/mol. The van der Waals surface area contributed by atoms with Crippen LogP contribution in [0.15, 0.2) is 29.2 Å². The zero-order chi connectivity index (χ0) is 15.2. The van der Waals surface area contributed by atoms with Gasteiger partial charge in [0.25, 0.3) is 0 Å². The van der Waals surface area contributed by atoms with E-state index in [0.29, 0.717) is 6.04 Å². The van der Waals surface area contributed by atoms with Gasteiger partial charge in [0.15, 0.2) is 0 Å².